The summed E-state index contributed by atoms with van der Waals surface area (Å²) in [6.45, 7) is 3.25. The Hall–Kier alpha value is -3.35. The van der Waals surface area contributed by atoms with Crippen molar-refractivity contribution in [2.24, 2.45) is 10.9 Å². The van der Waals surface area contributed by atoms with Gasteiger partial charge in [-0.15, -0.1) is 0 Å². The molecule has 5 rings (SSSR count). The number of hydrogen-bond acceptors (Lipinski definition) is 5. The first-order valence-electron chi connectivity index (χ1n) is 13.8. The van der Waals surface area contributed by atoms with E-state index in [1.807, 2.05) is 42.5 Å². The number of carbonyl (C=O) groups excluding carboxylic acids is 2. The molecular formula is C30H38N4O3. The number of hydrogen-bond donors (Lipinski definition) is 2. The number of nitrogens with one attached hydrogen (secondary N) is 2. The fourth-order valence-corrected chi connectivity index (χ4v) is 5.44. The Labute approximate surface area is 219 Å². The van der Waals surface area contributed by atoms with Crippen LogP contribution in [0.15, 0.2) is 47.5 Å². The summed E-state index contributed by atoms with van der Waals surface area (Å²) in [7, 11) is 0. The van der Waals surface area contributed by atoms with Gasteiger partial charge in [0.25, 0.3) is 5.91 Å². The Morgan fingerprint density at radius 1 is 1.05 bits per heavy atom. The number of nitrogens with zero attached hydrogens (tertiary/aromatic N) is 2. The Bertz CT molecular complexity index is 1150. The molecule has 2 N–H and O–H groups in total. The Morgan fingerprint density at radius 3 is 2.68 bits per heavy atom. The highest BCUT2D eigenvalue weighted by atomic mass is 16.5. The third kappa shape index (κ3) is 6.70. The maximum absolute atomic E-state index is 12.9. The summed E-state index contributed by atoms with van der Waals surface area (Å²) in [6.07, 6.45) is 11.6. The first-order chi connectivity index (χ1) is 18.1. The van der Waals surface area contributed by atoms with E-state index in [1.165, 1.54) is 50.3 Å². The highest BCUT2D eigenvalue weighted by Gasteiger charge is 2.28. The average molecular weight is 503 g/mol. The number of guanidine groups is 1. The number of benzene rings is 2. The first-order valence-corrected chi connectivity index (χ1v) is 13.8. The number of aliphatic imine (C=N–C) groups is 1. The van der Waals surface area contributed by atoms with E-state index in [0.29, 0.717) is 30.5 Å². The molecule has 7 heteroatoms. The van der Waals surface area contributed by atoms with Crippen LogP contribution in [-0.2, 0) is 4.79 Å². The van der Waals surface area contributed by atoms with Gasteiger partial charge in [-0.3, -0.25) is 24.8 Å². The van der Waals surface area contributed by atoms with Crippen LogP contribution >= 0.6 is 0 Å². The van der Waals surface area contributed by atoms with Crippen LogP contribution in [0.25, 0.3) is 0 Å². The summed E-state index contributed by atoms with van der Waals surface area (Å²) in [5, 5.41) is 6.36. The predicted octanol–water partition coefficient (Wildman–Crippen LogP) is 5.99. The second-order valence-corrected chi connectivity index (χ2v) is 10.6. The molecule has 37 heavy (non-hydrogen) atoms. The Morgan fingerprint density at radius 2 is 1.89 bits per heavy atom. The molecule has 196 valence electrons. The molecule has 2 saturated carbocycles. The molecule has 2 amide bonds. The normalized spacial score (nSPS) is 17.9. The SMILES string of the molecule is CC(=O)N1CCN=C1NC(=O)c1ccc(Nc2cccc(OCCCC3CCCCC3)c2)c(C2CC2)c1. The topological polar surface area (TPSA) is 83.0 Å². The highest BCUT2D eigenvalue weighted by Crippen LogP contribution is 2.44. The maximum Gasteiger partial charge on any atom is 0.257 e. The molecule has 0 unspecified atom stereocenters. The van der Waals surface area contributed by atoms with Crippen LogP contribution in [0, 0.1) is 5.92 Å². The molecule has 3 aliphatic rings. The lowest BCUT2D eigenvalue weighted by molar-refractivity contribution is -0.124. The Kier molecular flexibility index (Phi) is 8.07. The van der Waals surface area contributed by atoms with E-state index in [2.05, 4.69) is 15.6 Å². The second-order valence-electron chi connectivity index (χ2n) is 10.6. The van der Waals surface area contributed by atoms with Crippen molar-refractivity contribution in [1.29, 1.82) is 0 Å². The fourth-order valence-electron chi connectivity index (χ4n) is 5.44. The molecule has 0 atom stereocenters. The van der Waals surface area contributed by atoms with Crippen LogP contribution in [0.4, 0.5) is 11.4 Å². The first kappa shape index (κ1) is 25.3. The smallest absolute Gasteiger partial charge is 0.257 e. The van der Waals surface area contributed by atoms with Gasteiger partial charge in [0.2, 0.25) is 11.9 Å². The molecule has 1 heterocycles. The van der Waals surface area contributed by atoms with Gasteiger partial charge >= 0.3 is 0 Å². The van der Waals surface area contributed by atoms with Gasteiger partial charge in [0, 0.05) is 36.5 Å². The van der Waals surface area contributed by atoms with Gasteiger partial charge in [-0.2, -0.15) is 0 Å². The minimum Gasteiger partial charge on any atom is -0.494 e. The zero-order chi connectivity index (χ0) is 25.6. The van der Waals surface area contributed by atoms with Crippen molar-refractivity contribution in [1.82, 2.24) is 10.2 Å². The van der Waals surface area contributed by atoms with Crippen LogP contribution < -0.4 is 15.4 Å². The third-order valence-corrected chi connectivity index (χ3v) is 7.64. The molecule has 0 saturated heterocycles. The van der Waals surface area contributed by atoms with Crippen molar-refractivity contribution < 1.29 is 14.3 Å². The van der Waals surface area contributed by atoms with Crippen molar-refractivity contribution in [2.75, 3.05) is 25.0 Å². The van der Waals surface area contributed by atoms with Crippen LogP contribution in [0.1, 0.15) is 86.6 Å². The van der Waals surface area contributed by atoms with Gasteiger partial charge in [0.15, 0.2) is 0 Å². The second kappa shape index (κ2) is 11.8. The van der Waals surface area contributed by atoms with Crippen molar-refractivity contribution in [3.05, 3.63) is 53.6 Å². The predicted molar refractivity (Wildman–Crippen MR) is 147 cm³/mol. The van der Waals surface area contributed by atoms with Crippen LogP contribution in [0.2, 0.25) is 0 Å². The fraction of sp³-hybridized carbons (Fsp3) is 0.500. The molecular weight excluding hydrogens is 464 g/mol. The minimum absolute atomic E-state index is 0.120. The lowest BCUT2D eigenvalue weighted by Gasteiger charge is -2.21. The molecule has 0 aromatic heterocycles. The molecule has 0 bridgehead atoms. The van der Waals surface area contributed by atoms with Gasteiger partial charge in [0.05, 0.1) is 13.2 Å². The molecule has 2 aromatic rings. The van der Waals surface area contributed by atoms with Crippen molar-refractivity contribution in [3.8, 4) is 5.75 Å². The summed E-state index contributed by atoms with van der Waals surface area (Å²) < 4.78 is 6.07. The minimum atomic E-state index is -0.246. The van der Waals surface area contributed by atoms with Crippen LogP contribution in [-0.4, -0.2) is 42.4 Å². The number of amides is 2. The summed E-state index contributed by atoms with van der Waals surface area (Å²) >= 11 is 0. The zero-order valence-corrected chi connectivity index (χ0v) is 21.8. The van der Waals surface area contributed by atoms with E-state index in [1.54, 1.807) is 0 Å². The summed E-state index contributed by atoms with van der Waals surface area (Å²) in [6, 6.07) is 13.9. The van der Waals surface area contributed by atoms with E-state index < -0.39 is 0 Å². The zero-order valence-electron chi connectivity index (χ0n) is 21.8. The monoisotopic (exact) mass is 502 g/mol. The van der Waals surface area contributed by atoms with Crippen molar-refractivity contribution >= 4 is 29.1 Å². The lowest BCUT2D eigenvalue weighted by atomic mass is 9.86. The largest absolute Gasteiger partial charge is 0.494 e. The number of rotatable bonds is 9. The number of ether oxygens (including phenoxy) is 1. The quantitative estimate of drug-likeness (QED) is 0.412. The van der Waals surface area contributed by atoms with E-state index in [-0.39, 0.29) is 11.8 Å². The molecule has 2 aromatic carbocycles. The van der Waals surface area contributed by atoms with Gasteiger partial charge in [-0.1, -0.05) is 38.2 Å². The lowest BCUT2D eigenvalue weighted by Crippen LogP contribution is -2.43. The van der Waals surface area contributed by atoms with Gasteiger partial charge in [-0.25, -0.2) is 0 Å². The molecule has 1 aliphatic heterocycles. The third-order valence-electron chi connectivity index (χ3n) is 7.64. The molecule has 0 radical (unpaired) electrons. The summed E-state index contributed by atoms with van der Waals surface area (Å²) in [5.41, 5.74) is 3.70. The van der Waals surface area contributed by atoms with Gasteiger partial charge < -0.3 is 10.1 Å². The molecule has 7 nitrogen and oxygen atoms in total. The van der Waals surface area contributed by atoms with Crippen molar-refractivity contribution in [3.63, 3.8) is 0 Å². The highest BCUT2D eigenvalue weighted by molar-refractivity contribution is 6.10. The summed E-state index contributed by atoms with van der Waals surface area (Å²) in [4.78, 5) is 30.5. The van der Waals surface area contributed by atoms with Gasteiger partial charge in [-0.05, 0) is 73.4 Å². The van der Waals surface area contributed by atoms with E-state index >= 15 is 0 Å². The van der Waals surface area contributed by atoms with Gasteiger partial charge in [0.1, 0.15) is 5.75 Å². The number of anilines is 2. The maximum atomic E-state index is 12.9. The van der Waals surface area contributed by atoms with E-state index in [0.717, 1.165) is 54.5 Å². The van der Waals surface area contributed by atoms with Crippen LogP contribution in [0.3, 0.4) is 0 Å². The van der Waals surface area contributed by atoms with E-state index in [4.69, 9.17) is 4.74 Å². The van der Waals surface area contributed by atoms with E-state index in [9.17, 15) is 9.59 Å². The van der Waals surface area contributed by atoms with Crippen LogP contribution in [0.5, 0.6) is 5.75 Å². The summed E-state index contributed by atoms with van der Waals surface area (Å²) in [5.74, 6) is 2.19. The Balaban J connectivity index is 1.20. The molecule has 2 fully saturated rings. The average Bonchev–Trinajstić information content (AvgIpc) is 3.65. The number of carbonyl (C=O) groups is 2. The van der Waals surface area contributed by atoms with Crippen molar-refractivity contribution in [2.45, 2.75) is 70.6 Å². The standard InChI is InChI=1S/C30H38N4O3/c1-21(35)34-17-16-31-30(34)33-29(36)24-14-15-28(27(19-24)23-12-13-23)32-25-10-5-11-26(20-25)37-18-6-9-22-7-3-2-4-8-22/h5,10-11,14-15,19-20,22-23,32H,2-4,6-9,12-13,16-18H2,1H3,(H,31,33,36). The molecule has 0 spiro atoms. The molecule has 2 aliphatic carbocycles.